The molecule has 1 saturated heterocycles. The fraction of sp³-hybridized carbons (Fsp3) is 0.417. The van der Waals surface area contributed by atoms with Gasteiger partial charge in [-0.15, -0.1) is 0 Å². The number of aliphatic hydroxyl groups is 2. The van der Waals surface area contributed by atoms with Crippen LogP contribution in [0.1, 0.15) is 42.6 Å². The second-order valence-electron chi connectivity index (χ2n) is 8.72. The molecule has 0 saturated carbocycles. The minimum absolute atomic E-state index is 0.346. The van der Waals surface area contributed by atoms with Crippen LogP contribution in [0.4, 0.5) is 0 Å². The Morgan fingerprint density at radius 2 is 1.97 bits per heavy atom. The van der Waals surface area contributed by atoms with Crippen molar-refractivity contribution in [2.24, 2.45) is 7.05 Å². The van der Waals surface area contributed by atoms with Crippen molar-refractivity contribution in [3.05, 3.63) is 64.8 Å². The lowest BCUT2D eigenvalue weighted by molar-refractivity contribution is -0.0587. The monoisotopic (exact) mass is 426 g/mol. The summed E-state index contributed by atoms with van der Waals surface area (Å²) in [5, 5.41) is 23.3. The van der Waals surface area contributed by atoms with Crippen molar-refractivity contribution in [2.45, 2.75) is 37.1 Å². The maximum atomic E-state index is 10.9. The third-order valence-corrected chi connectivity index (χ3v) is 6.94. The van der Waals surface area contributed by atoms with E-state index in [0.717, 1.165) is 53.7 Å². The van der Waals surface area contributed by atoms with Crippen LogP contribution in [0.15, 0.2) is 48.7 Å². The molecule has 2 aromatic carbocycles. The van der Waals surface area contributed by atoms with Gasteiger partial charge in [-0.3, -0.25) is 0 Å². The lowest BCUT2D eigenvalue weighted by atomic mass is 9.81. The van der Waals surface area contributed by atoms with Gasteiger partial charge in [-0.1, -0.05) is 29.8 Å². The molecule has 3 aromatic rings. The van der Waals surface area contributed by atoms with E-state index in [2.05, 4.69) is 21.6 Å². The molecule has 0 bridgehead atoms. The molecule has 1 spiro atoms. The summed E-state index contributed by atoms with van der Waals surface area (Å²) >= 11 is 6.08. The Morgan fingerprint density at radius 1 is 1.20 bits per heavy atom. The summed E-state index contributed by atoms with van der Waals surface area (Å²) in [5.74, 6) is 0.738. The smallest absolute Gasteiger partial charge is 0.126 e. The van der Waals surface area contributed by atoms with E-state index in [-0.39, 0.29) is 5.60 Å². The fourth-order valence-corrected chi connectivity index (χ4v) is 5.22. The number of benzene rings is 2. The Kier molecular flexibility index (Phi) is 5.02. The van der Waals surface area contributed by atoms with Crippen LogP contribution in [-0.4, -0.2) is 44.9 Å². The summed E-state index contributed by atoms with van der Waals surface area (Å²) in [5.41, 5.74) is 2.54. The van der Waals surface area contributed by atoms with E-state index in [9.17, 15) is 10.2 Å². The summed E-state index contributed by atoms with van der Waals surface area (Å²) < 4.78 is 8.44. The predicted molar refractivity (Wildman–Crippen MR) is 118 cm³/mol. The number of ether oxygens (including phenoxy) is 1. The van der Waals surface area contributed by atoms with E-state index in [1.807, 2.05) is 37.5 Å². The lowest BCUT2D eigenvalue weighted by Gasteiger charge is -2.46. The molecule has 158 valence electrons. The summed E-state index contributed by atoms with van der Waals surface area (Å²) in [6, 6.07) is 13.6. The number of aromatic nitrogens is 1. The number of para-hydroxylation sites is 1. The van der Waals surface area contributed by atoms with Crippen LogP contribution in [0.5, 0.6) is 5.75 Å². The maximum absolute atomic E-state index is 10.9. The molecule has 6 heteroatoms. The van der Waals surface area contributed by atoms with E-state index in [0.29, 0.717) is 18.0 Å². The number of rotatable bonds is 3. The number of likely N-dealkylation sites (tertiary alicyclic amines) is 1. The van der Waals surface area contributed by atoms with Gasteiger partial charge in [0, 0.05) is 66.4 Å². The van der Waals surface area contributed by atoms with Crippen molar-refractivity contribution in [3.63, 3.8) is 0 Å². The molecule has 0 unspecified atom stereocenters. The Labute approximate surface area is 181 Å². The summed E-state index contributed by atoms with van der Waals surface area (Å²) in [4.78, 5) is 2.30. The van der Waals surface area contributed by atoms with Crippen LogP contribution >= 0.6 is 11.6 Å². The number of halogens is 1. The Morgan fingerprint density at radius 3 is 2.77 bits per heavy atom. The molecule has 5 rings (SSSR count). The van der Waals surface area contributed by atoms with Gasteiger partial charge in [0.25, 0.3) is 0 Å². The average molecular weight is 427 g/mol. The first-order chi connectivity index (χ1) is 14.4. The molecular formula is C24H27ClN2O3. The maximum Gasteiger partial charge on any atom is 0.126 e. The molecule has 0 amide bonds. The van der Waals surface area contributed by atoms with Crippen LogP contribution < -0.4 is 4.74 Å². The van der Waals surface area contributed by atoms with E-state index in [1.165, 1.54) is 0 Å². The largest absolute Gasteiger partial charge is 0.487 e. The van der Waals surface area contributed by atoms with Gasteiger partial charge in [0.1, 0.15) is 11.4 Å². The second-order valence-corrected chi connectivity index (χ2v) is 9.15. The molecule has 2 aliphatic heterocycles. The Balaban J connectivity index is 1.27. The topological polar surface area (TPSA) is 57.9 Å². The van der Waals surface area contributed by atoms with Crippen molar-refractivity contribution >= 4 is 22.5 Å². The number of hydrogen-bond acceptors (Lipinski definition) is 4. The highest BCUT2D eigenvalue weighted by Crippen LogP contribution is 2.45. The van der Waals surface area contributed by atoms with Gasteiger partial charge in [-0.2, -0.15) is 0 Å². The highest BCUT2D eigenvalue weighted by molar-refractivity contribution is 6.30. The third-order valence-electron chi connectivity index (χ3n) is 6.71. The normalized spacial score (nSPS) is 22.1. The average Bonchev–Trinajstić information content (AvgIpc) is 3.08. The van der Waals surface area contributed by atoms with Crippen LogP contribution in [0, 0.1) is 0 Å². The zero-order valence-electron chi connectivity index (χ0n) is 17.1. The number of fused-ring (bicyclic) bond motifs is 2. The second kappa shape index (κ2) is 7.57. The first-order valence-corrected chi connectivity index (χ1v) is 10.9. The standard InChI is InChI=1S/C24H27ClN2O3/c1-26-14-19(17-4-2-3-5-20(17)26)22(29)15-27-10-8-24(9-11-27)13-21(28)18-12-16(25)6-7-23(18)30-24/h2-7,12,14,21-22,28-29H,8-11,13,15H2,1H3/t21-,22+/m0/s1. The highest BCUT2D eigenvalue weighted by atomic mass is 35.5. The van der Waals surface area contributed by atoms with Crippen LogP contribution in [0.2, 0.25) is 5.02 Å². The number of nitrogens with zero attached hydrogens (tertiary/aromatic N) is 2. The van der Waals surface area contributed by atoms with Gasteiger partial charge in [0.15, 0.2) is 0 Å². The number of aliphatic hydroxyl groups excluding tert-OH is 2. The van der Waals surface area contributed by atoms with Crippen LogP contribution in [0.25, 0.3) is 10.9 Å². The first kappa shape index (κ1) is 19.9. The van der Waals surface area contributed by atoms with E-state index in [4.69, 9.17) is 16.3 Å². The van der Waals surface area contributed by atoms with Crippen molar-refractivity contribution < 1.29 is 14.9 Å². The zero-order valence-corrected chi connectivity index (χ0v) is 17.8. The third kappa shape index (κ3) is 3.50. The summed E-state index contributed by atoms with van der Waals surface area (Å²) in [6.45, 7) is 2.26. The summed E-state index contributed by atoms with van der Waals surface area (Å²) in [7, 11) is 2.01. The van der Waals surface area contributed by atoms with E-state index in [1.54, 1.807) is 6.07 Å². The SMILES string of the molecule is Cn1cc([C@H](O)CN2CCC3(CC2)C[C@H](O)c2cc(Cl)ccc2O3)c2ccccc21. The molecular weight excluding hydrogens is 400 g/mol. The van der Waals surface area contributed by atoms with E-state index < -0.39 is 12.2 Å². The van der Waals surface area contributed by atoms with Crippen molar-refractivity contribution in [1.82, 2.24) is 9.47 Å². The predicted octanol–water partition coefficient (Wildman–Crippen LogP) is 4.22. The van der Waals surface area contributed by atoms with Gasteiger partial charge in [0.2, 0.25) is 0 Å². The van der Waals surface area contributed by atoms with E-state index >= 15 is 0 Å². The number of β-amino-alcohol motifs (C(OH)–C–C–N with tert-alkyl or cyclic N) is 1. The van der Waals surface area contributed by atoms with Gasteiger partial charge in [-0.25, -0.2) is 0 Å². The van der Waals surface area contributed by atoms with Crippen molar-refractivity contribution in [3.8, 4) is 5.75 Å². The highest BCUT2D eigenvalue weighted by Gasteiger charge is 2.43. The number of hydrogen-bond donors (Lipinski definition) is 2. The number of aryl methyl sites for hydroxylation is 1. The van der Waals surface area contributed by atoms with Crippen molar-refractivity contribution in [2.75, 3.05) is 19.6 Å². The Bertz CT molecular complexity index is 1070. The molecule has 0 aliphatic carbocycles. The molecule has 2 N–H and O–H groups in total. The van der Waals surface area contributed by atoms with Crippen LogP contribution in [0.3, 0.4) is 0 Å². The lowest BCUT2D eigenvalue weighted by Crippen LogP contribution is -2.51. The Hall–Kier alpha value is -2.05. The molecule has 2 atom stereocenters. The molecule has 30 heavy (non-hydrogen) atoms. The summed E-state index contributed by atoms with van der Waals surface area (Å²) in [6.07, 6.45) is 3.18. The number of piperidine rings is 1. The van der Waals surface area contributed by atoms with Gasteiger partial charge in [0.05, 0.1) is 12.2 Å². The molecule has 1 aromatic heterocycles. The molecule has 0 radical (unpaired) electrons. The van der Waals surface area contributed by atoms with Gasteiger partial charge in [-0.05, 0) is 37.1 Å². The van der Waals surface area contributed by atoms with Gasteiger partial charge < -0.3 is 24.4 Å². The quantitative estimate of drug-likeness (QED) is 0.658. The van der Waals surface area contributed by atoms with Crippen LogP contribution in [-0.2, 0) is 7.05 Å². The molecule has 1 fully saturated rings. The first-order valence-electron chi connectivity index (χ1n) is 10.5. The molecule has 5 nitrogen and oxygen atoms in total. The zero-order chi connectivity index (χ0) is 20.9. The van der Waals surface area contributed by atoms with Crippen molar-refractivity contribution in [1.29, 1.82) is 0 Å². The minimum atomic E-state index is -0.555. The molecule has 3 heterocycles. The minimum Gasteiger partial charge on any atom is -0.487 e. The van der Waals surface area contributed by atoms with Gasteiger partial charge >= 0.3 is 0 Å². The fourth-order valence-electron chi connectivity index (χ4n) is 5.04. The molecule has 2 aliphatic rings.